The summed E-state index contributed by atoms with van der Waals surface area (Å²) in [6.45, 7) is 0. The third kappa shape index (κ3) is 2.34. The Balaban J connectivity index is 1.61. The second-order valence-electron chi connectivity index (χ2n) is 4.27. The first-order chi connectivity index (χ1) is 10.4. The van der Waals surface area contributed by atoms with Gasteiger partial charge >= 0.3 is 6.01 Å². The van der Waals surface area contributed by atoms with Gasteiger partial charge in [-0.1, -0.05) is 23.5 Å². The third-order valence-electron chi connectivity index (χ3n) is 2.84. The minimum Gasteiger partial charge on any atom is -0.423 e. The number of aromatic nitrogens is 4. The number of benzene rings is 1. The van der Waals surface area contributed by atoms with E-state index in [2.05, 4.69) is 25.5 Å². The predicted octanol–water partition coefficient (Wildman–Crippen LogP) is 3.48. The molecule has 0 saturated heterocycles. The van der Waals surface area contributed by atoms with Crippen molar-refractivity contribution in [2.75, 3.05) is 5.32 Å². The molecule has 21 heavy (non-hydrogen) atoms. The van der Waals surface area contributed by atoms with Gasteiger partial charge < -0.3 is 4.42 Å². The second-order valence-corrected chi connectivity index (χ2v) is 5.24. The Morgan fingerprint density at radius 3 is 2.86 bits per heavy atom. The molecule has 0 aliphatic rings. The SMILES string of the molecule is c1cncc(-c2nnc(Nc3nc4ccccc4o3)s2)c1. The van der Waals surface area contributed by atoms with Crippen molar-refractivity contribution < 1.29 is 4.42 Å². The molecule has 0 saturated carbocycles. The van der Waals surface area contributed by atoms with Gasteiger partial charge in [-0.15, -0.1) is 10.2 Å². The Morgan fingerprint density at radius 2 is 2.00 bits per heavy atom. The predicted molar refractivity (Wildman–Crippen MR) is 80.4 cm³/mol. The summed E-state index contributed by atoms with van der Waals surface area (Å²) in [6, 6.07) is 11.8. The van der Waals surface area contributed by atoms with Crippen LogP contribution < -0.4 is 5.32 Å². The van der Waals surface area contributed by atoms with E-state index in [-0.39, 0.29) is 0 Å². The first kappa shape index (κ1) is 12.0. The number of nitrogens with zero attached hydrogens (tertiary/aromatic N) is 4. The Kier molecular flexibility index (Phi) is 2.82. The summed E-state index contributed by atoms with van der Waals surface area (Å²) in [7, 11) is 0. The Hall–Kier alpha value is -2.80. The number of hydrogen-bond donors (Lipinski definition) is 1. The van der Waals surface area contributed by atoms with Crippen molar-refractivity contribution in [1.29, 1.82) is 0 Å². The van der Waals surface area contributed by atoms with Crippen molar-refractivity contribution in [3.63, 3.8) is 0 Å². The summed E-state index contributed by atoms with van der Waals surface area (Å²) in [4.78, 5) is 8.41. The van der Waals surface area contributed by atoms with E-state index in [9.17, 15) is 0 Å². The normalized spacial score (nSPS) is 10.9. The van der Waals surface area contributed by atoms with E-state index in [1.54, 1.807) is 12.4 Å². The van der Waals surface area contributed by atoms with E-state index in [4.69, 9.17) is 4.42 Å². The molecule has 0 aliphatic carbocycles. The topological polar surface area (TPSA) is 76.7 Å². The smallest absolute Gasteiger partial charge is 0.302 e. The molecule has 1 aromatic carbocycles. The molecular weight excluding hydrogens is 286 g/mol. The molecule has 3 aromatic heterocycles. The van der Waals surface area contributed by atoms with Crippen LogP contribution in [-0.4, -0.2) is 20.2 Å². The van der Waals surface area contributed by atoms with E-state index in [1.165, 1.54) is 11.3 Å². The van der Waals surface area contributed by atoms with Gasteiger partial charge in [0.2, 0.25) is 5.13 Å². The zero-order valence-electron chi connectivity index (χ0n) is 10.7. The number of nitrogens with one attached hydrogen (secondary N) is 1. The average Bonchev–Trinajstić information content (AvgIpc) is 3.14. The standard InChI is InChI=1S/C14H9N5OS/c1-2-6-11-10(5-1)16-13(20-11)17-14-19-18-12(21-14)9-4-3-7-15-8-9/h1-8H,(H,16,17,19). The van der Waals surface area contributed by atoms with Crippen LogP contribution in [0.3, 0.4) is 0 Å². The van der Waals surface area contributed by atoms with Gasteiger partial charge in [0.15, 0.2) is 10.6 Å². The van der Waals surface area contributed by atoms with E-state index < -0.39 is 0 Å². The molecule has 6 nitrogen and oxygen atoms in total. The molecule has 4 aromatic rings. The largest absolute Gasteiger partial charge is 0.423 e. The third-order valence-corrected chi connectivity index (χ3v) is 3.73. The maximum Gasteiger partial charge on any atom is 0.302 e. The van der Waals surface area contributed by atoms with Crippen molar-refractivity contribution >= 4 is 33.6 Å². The molecule has 0 aliphatic heterocycles. The van der Waals surface area contributed by atoms with Crippen LogP contribution in [0.1, 0.15) is 0 Å². The number of pyridine rings is 1. The minimum absolute atomic E-state index is 0.407. The lowest BCUT2D eigenvalue weighted by atomic mass is 10.3. The van der Waals surface area contributed by atoms with Crippen LogP contribution in [-0.2, 0) is 0 Å². The van der Waals surface area contributed by atoms with Crippen LogP contribution in [0.2, 0.25) is 0 Å². The molecule has 3 heterocycles. The van der Waals surface area contributed by atoms with Gasteiger partial charge in [-0.05, 0) is 24.3 Å². The van der Waals surface area contributed by atoms with Crippen molar-refractivity contribution in [2.45, 2.75) is 0 Å². The highest BCUT2D eigenvalue weighted by atomic mass is 32.1. The fourth-order valence-corrected chi connectivity index (χ4v) is 2.62. The van der Waals surface area contributed by atoms with E-state index in [0.29, 0.717) is 11.1 Å². The summed E-state index contributed by atoms with van der Waals surface area (Å²) in [6.07, 6.45) is 3.48. The lowest BCUT2D eigenvalue weighted by molar-refractivity contribution is 0.622. The molecule has 7 heteroatoms. The summed E-state index contributed by atoms with van der Waals surface area (Å²) in [5.74, 6) is 0. The highest BCUT2D eigenvalue weighted by Crippen LogP contribution is 2.28. The first-order valence-corrected chi connectivity index (χ1v) is 7.07. The Bertz CT molecular complexity index is 853. The fourth-order valence-electron chi connectivity index (χ4n) is 1.90. The van der Waals surface area contributed by atoms with Gasteiger partial charge in [0.05, 0.1) is 0 Å². The van der Waals surface area contributed by atoms with Crippen LogP contribution in [0.5, 0.6) is 0 Å². The zero-order chi connectivity index (χ0) is 14.1. The highest BCUT2D eigenvalue weighted by Gasteiger charge is 2.10. The molecule has 4 rings (SSSR count). The summed E-state index contributed by atoms with van der Waals surface area (Å²) in [5.41, 5.74) is 2.47. The maximum atomic E-state index is 5.59. The summed E-state index contributed by atoms with van der Waals surface area (Å²) in [5, 5.41) is 12.7. The highest BCUT2D eigenvalue weighted by molar-refractivity contribution is 7.18. The number of para-hydroxylation sites is 2. The van der Waals surface area contributed by atoms with Gasteiger partial charge in [0.1, 0.15) is 5.52 Å². The molecule has 102 valence electrons. The quantitative estimate of drug-likeness (QED) is 0.623. The molecule has 0 amide bonds. The fraction of sp³-hybridized carbons (Fsp3) is 0. The molecule has 0 spiro atoms. The van der Waals surface area contributed by atoms with Crippen molar-refractivity contribution in [3.05, 3.63) is 48.8 Å². The van der Waals surface area contributed by atoms with Crippen molar-refractivity contribution in [3.8, 4) is 10.6 Å². The molecule has 0 atom stereocenters. The number of rotatable bonds is 3. The molecule has 0 radical (unpaired) electrons. The first-order valence-electron chi connectivity index (χ1n) is 6.25. The molecule has 0 unspecified atom stereocenters. The Morgan fingerprint density at radius 1 is 1.05 bits per heavy atom. The molecule has 1 N–H and O–H groups in total. The van der Waals surface area contributed by atoms with Crippen molar-refractivity contribution in [1.82, 2.24) is 20.2 Å². The molecular formula is C14H9N5OS. The van der Waals surface area contributed by atoms with E-state index >= 15 is 0 Å². The van der Waals surface area contributed by atoms with Gasteiger partial charge in [-0.25, -0.2) is 0 Å². The molecule has 0 fully saturated rings. The zero-order valence-corrected chi connectivity index (χ0v) is 11.5. The number of hydrogen-bond acceptors (Lipinski definition) is 7. The maximum absolute atomic E-state index is 5.59. The monoisotopic (exact) mass is 295 g/mol. The van der Waals surface area contributed by atoms with Crippen LogP contribution in [0.4, 0.5) is 11.1 Å². The average molecular weight is 295 g/mol. The van der Waals surface area contributed by atoms with Gasteiger partial charge in [-0.3, -0.25) is 10.3 Å². The number of fused-ring (bicyclic) bond motifs is 1. The van der Waals surface area contributed by atoms with Crippen molar-refractivity contribution in [2.24, 2.45) is 0 Å². The van der Waals surface area contributed by atoms with Crippen LogP contribution in [0, 0.1) is 0 Å². The van der Waals surface area contributed by atoms with Crippen LogP contribution in [0.25, 0.3) is 21.7 Å². The van der Waals surface area contributed by atoms with Gasteiger partial charge in [0, 0.05) is 18.0 Å². The lowest BCUT2D eigenvalue weighted by Gasteiger charge is -1.93. The second kappa shape index (κ2) is 4.95. The summed E-state index contributed by atoms with van der Waals surface area (Å²) >= 11 is 1.42. The van der Waals surface area contributed by atoms with E-state index in [0.717, 1.165) is 21.7 Å². The van der Waals surface area contributed by atoms with Gasteiger partial charge in [-0.2, -0.15) is 4.98 Å². The minimum atomic E-state index is 0.407. The number of anilines is 2. The van der Waals surface area contributed by atoms with E-state index in [1.807, 2.05) is 36.4 Å². The summed E-state index contributed by atoms with van der Waals surface area (Å²) < 4.78 is 5.59. The number of oxazole rings is 1. The van der Waals surface area contributed by atoms with Gasteiger partial charge in [0.25, 0.3) is 0 Å². The van der Waals surface area contributed by atoms with Crippen LogP contribution in [0.15, 0.2) is 53.2 Å². The lowest BCUT2D eigenvalue weighted by Crippen LogP contribution is -1.88. The molecule has 0 bridgehead atoms. The van der Waals surface area contributed by atoms with Crippen LogP contribution >= 0.6 is 11.3 Å². The Labute approximate surface area is 123 Å².